The highest BCUT2D eigenvalue weighted by atomic mass is 32.1. The van der Waals surface area contributed by atoms with Crippen molar-refractivity contribution in [2.75, 3.05) is 5.75 Å². The molecule has 0 aliphatic rings. The fourth-order valence-electron chi connectivity index (χ4n) is 2.64. The lowest BCUT2D eigenvalue weighted by molar-refractivity contribution is -0.143. The molecule has 14 nitrogen and oxygen atoms in total. The molecule has 5 unspecified atom stereocenters. The smallest absolute Gasteiger partial charge is 0.326 e. The third-order valence-electron chi connectivity index (χ3n) is 4.47. The number of carbonyl (C=O) groups excluding carboxylic acids is 3. The van der Waals surface area contributed by atoms with Gasteiger partial charge in [-0.15, -0.1) is 0 Å². The Bertz CT molecular complexity index is 834. The van der Waals surface area contributed by atoms with E-state index >= 15 is 0 Å². The molecule has 1 aromatic heterocycles. The lowest BCUT2D eigenvalue weighted by Gasteiger charge is -2.26. The van der Waals surface area contributed by atoms with Crippen LogP contribution in [0.2, 0.25) is 0 Å². The molecule has 0 aromatic carbocycles. The van der Waals surface area contributed by atoms with Gasteiger partial charge in [0.15, 0.2) is 0 Å². The SMILES string of the molecule is CC(O)C(NC(=O)C(CCC(=O)O)NC(=O)C(N)CS)C(=O)NC(Cc1cnc[nH]1)C(=O)O. The highest BCUT2D eigenvalue weighted by molar-refractivity contribution is 7.80. The van der Waals surface area contributed by atoms with Crippen LogP contribution in [0.1, 0.15) is 25.5 Å². The first-order valence-corrected chi connectivity index (χ1v) is 10.5. The summed E-state index contributed by atoms with van der Waals surface area (Å²) in [5.41, 5.74) is 5.98. The second kappa shape index (κ2) is 13.4. The van der Waals surface area contributed by atoms with Gasteiger partial charge in [-0.05, 0) is 13.3 Å². The monoisotopic (exact) mass is 488 g/mol. The van der Waals surface area contributed by atoms with Gasteiger partial charge in [0.25, 0.3) is 0 Å². The van der Waals surface area contributed by atoms with E-state index in [9.17, 15) is 34.2 Å². The van der Waals surface area contributed by atoms with Crippen LogP contribution in [0.5, 0.6) is 0 Å². The number of thiol groups is 1. The third-order valence-corrected chi connectivity index (χ3v) is 4.86. The Morgan fingerprint density at radius 3 is 2.21 bits per heavy atom. The summed E-state index contributed by atoms with van der Waals surface area (Å²) in [7, 11) is 0. The van der Waals surface area contributed by atoms with Gasteiger partial charge < -0.3 is 42.0 Å². The average Bonchev–Trinajstić information content (AvgIpc) is 3.25. The summed E-state index contributed by atoms with van der Waals surface area (Å²) < 4.78 is 0. The number of aliphatic hydroxyl groups excluding tert-OH is 1. The van der Waals surface area contributed by atoms with Crippen molar-refractivity contribution in [3.63, 3.8) is 0 Å². The topological polar surface area (TPSA) is 237 Å². The summed E-state index contributed by atoms with van der Waals surface area (Å²) in [5.74, 6) is -5.35. The van der Waals surface area contributed by atoms with Crippen molar-refractivity contribution in [2.45, 2.75) is 56.5 Å². The number of carbonyl (C=O) groups is 5. The number of nitrogens with one attached hydrogen (secondary N) is 4. The molecule has 184 valence electrons. The maximum Gasteiger partial charge on any atom is 0.326 e. The number of imidazole rings is 1. The van der Waals surface area contributed by atoms with Crippen molar-refractivity contribution in [1.29, 1.82) is 0 Å². The Hall–Kier alpha value is -3.17. The van der Waals surface area contributed by atoms with Crippen LogP contribution < -0.4 is 21.7 Å². The fourth-order valence-corrected chi connectivity index (χ4v) is 2.80. The summed E-state index contributed by atoms with van der Waals surface area (Å²) in [6.07, 6.45) is 0.316. The first-order chi connectivity index (χ1) is 15.5. The molecule has 15 heteroatoms. The minimum absolute atomic E-state index is 0.0370. The molecule has 0 fully saturated rings. The number of hydrogen-bond donors (Lipinski definition) is 9. The molecular weight excluding hydrogens is 460 g/mol. The molecule has 3 amide bonds. The summed E-state index contributed by atoms with van der Waals surface area (Å²) in [6.45, 7) is 1.19. The molecule has 33 heavy (non-hydrogen) atoms. The zero-order chi connectivity index (χ0) is 25.1. The summed E-state index contributed by atoms with van der Waals surface area (Å²) in [6, 6.07) is -5.44. The molecule has 0 bridgehead atoms. The van der Waals surface area contributed by atoms with E-state index in [0.29, 0.717) is 5.69 Å². The van der Waals surface area contributed by atoms with E-state index in [0.717, 1.165) is 0 Å². The van der Waals surface area contributed by atoms with Crippen LogP contribution >= 0.6 is 12.6 Å². The summed E-state index contributed by atoms with van der Waals surface area (Å²) >= 11 is 3.88. The number of carboxylic acid groups (broad SMARTS) is 2. The molecule has 0 saturated carbocycles. The van der Waals surface area contributed by atoms with Crippen LogP contribution in [0.15, 0.2) is 12.5 Å². The fraction of sp³-hybridized carbons (Fsp3) is 0.556. The first kappa shape index (κ1) is 27.9. The third kappa shape index (κ3) is 9.46. The Morgan fingerprint density at radius 2 is 1.73 bits per heavy atom. The van der Waals surface area contributed by atoms with Crippen molar-refractivity contribution in [3.05, 3.63) is 18.2 Å². The van der Waals surface area contributed by atoms with E-state index in [1.807, 2.05) is 0 Å². The molecule has 0 aliphatic carbocycles. The maximum atomic E-state index is 12.7. The van der Waals surface area contributed by atoms with E-state index < -0.39 is 66.4 Å². The van der Waals surface area contributed by atoms with E-state index in [2.05, 4.69) is 38.5 Å². The molecule has 5 atom stereocenters. The molecule has 9 N–H and O–H groups in total. The molecule has 0 saturated heterocycles. The lowest BCUT2D eigenvalue weighted by Crippen LogP contribution is -2.60. The number of amides is 3. The van der Waals surface area contributed by atoms with Crippen LogP contribution in [-0.4, -0.2) is 91.0 Å². The largest absolute Gasteiger partial charge is 0.481 e. The molecule has 0 radical (unpaired) electrons. The van der Waals surface area contributed by atoms with Crippen LogP contribution in [0.25, 0.3) is 0 Å². The van der Waals surface area contributed by atoms with Crippen molar-refractivity contribution < 1.29 is 39.3 Å². The second-order valence-corrected chi connectivity index (χ2v) is 7.56. The van der Waals surface area contributed by atoms with E-state index in [1.165, 1.54) is 19.4 Å². The number of aliphatic carboxylic acids is 2. The maximum absolute atomic E-state index is 12.7. The number of aromatic amines is 1. The number of hydrogen-bond acceptors (Lipinski definition) is 9. The highest BCUT2D eigenvalue weighted by Crippen LogP contribution is 2.04. The predicted octanol–water partition coefficient (Wildman–Crippen LogP) is -3.01. The molecule has 0 spiro atoms. The minimum atomic E-state index is -1.59. The average molecular weight is 489 g/mol. The Kier molecular flexibility index (Phi) is 11.3. The number of aliphatic hydroxyl groups is 1. The zero-order valence-corrected chi connectivity index (χ0v) is 18.6. The highest BCUT2D eigenvalue weighted by Gasteiger charge is 2.33. The molecular formula is C18H28N6O8S. The van der Waals surface area contributed by atoms with Gasteiger partial charge in [0.05, 0.1) is 18.5 Å². The molecule has 1 aromatic rings. The molecule has 1 heterocycles. The quantitative estimate of drug-likeness (QED) is 0.120. The van der Waals surface area contributed by atoms with Gasteiger partial charge in [-0.25, -0.2) is 9.78 Å². The van der Waals surface area contributed by atoms with Crippen LogP contribution in [-0.2, 0) is 30.4 Å². The number of aromatic nitrogens is 2. The molecule has 0 aliphatic heterocycles. The predicted molar refractivity (Wildman–Crippen MR) is 116 cm³/mol. The Balaban J connectivity index is 2.94. The van der Waals surface area contributed by atoms with Gasteiger partial charge in [-0.2, -0.15) is 12.6 Å². The zero-order valence-electron chi connectivity index (χ0n) is 17.7. The molecule has 1 rings (SSSR count). The van der Waals surface area contributed by atoms with Gasteiger partial charge >= 0.3 is 11.9 Å². The second-order valence-electron chi connectivity index (χ2n) is 7.19. The number of nitrogens with zero attached hydrogens (tertiary/aromatic N) is 1. The number of nitrogens with two attached hydrogens (primary N) is 1. The number of H-pyrrole nitrogens is 1. The lowest BCUT2D eigenvalue weighted by atomic mass is 10.1. The van der Waals surface area contributed by atoms with Gasteiger partial charge in [0.2, 0.25) is 17.7 Å². The van der Waals surface area contributed by atoms with E-state index in [4.69, 9.17) is 10.8 Å². The van der Waals surface area contributed by atoms with Crippen molar-refractivity contribution in [2.24, 2.45) is 5.73 Å². The Morgan fingerprint density at radius 1 is 1.09 bits per heavy atom. The normalized spacial score (nSPS) is 15.4. The van der Waals surface area contributed by atoms with Gasteiger partial charge in [0.1, 0.15) is 18.1 Å². The van der Waals surface area contributed by atoms with Gasteiger partial charge in [-0.1, -0.05) is 0 Å². The van der Waals surface area contributed by atoms with Crippen molar-refractivity contribution in [3.8, 4) is 0 Å². The van der Waals surface area contributed by atoms with Crippen LogP contribution in [0.4, 0.5) is 0 Å². The van der Waals surface area contributed by atoms with Crippen LogP contribution in [0.3, 0.4) is 0 Å². The van der Waals surface area contributed by atoms with Gasteiger partial charge in [0, 0.05) is 30.5 Å². The first-order valence-electron chi connectivity index (χ1n) is 9.83. The van der Waals surface area contributed by atoms with Crippen molar-refractivity contribution in [1.82, 2.24) is 25.9 Å². The summed E-state index contributed by atoms with van der Waals surface area (Å²) in [4.78, 5) is 66.3. The van der Waals surface area contributed by atoms with Crippen LogP contribution in [0, 0.1) is 0 Å². The van der Waals surface area contributed by atoms with Gasteiger partial charge in [-0.3, -0.25) is 19.2 Å². The van der Waals surface area contributed by atoms with E-state index in [-0.39, 0.29) is 18.6 Å². The van der Waals surface area contributed by atoms with E-state index in [1.54, 1.807) is 0 Å². The minimum Gasteiger partial charge on any atom is -0.481 e. The summed E-state index contributed by atoms with van der Waals surface area (Å²) in [5, 5.41) is 35.0. The Labute approximate surface area is 194 Å². The number of rotatable bonds is 14. The number of carboxylic acids is 2. The standard InChI is InChI=1S/C18H28N6O8S/c1-8(25)14(17(30)23-12(18(31)32)4-9-5-20-7-21-9)24-16(29)11(2-3-13(26)27)22-15(28)10(19)6-33/h5,7-8,10-12,14,25,33H,2-4,6,19H2,1H3,(H,20,21)(H,22,28)(H,23,30)(H,24,29)(H,26,27)(H,31,32). The van der Waals surface area contributed by atoms with Crippen molar-refractivity contribution >= 4 is 42.3 Å².